The van der Waals surface area contributed by atoms with E-state index < -0.39 is 10.0 Å². The lowest BCUT2D eigenvalue weighted by Gasteiger charge is -2.14. The van der Waals surface area contributed by atoms with Crippen LogP contribution in [0.2, 0.25) is 0 Å². The minimum Gasteiger partial charge on any atom is -0.310 e. The second-order valence-corrected chi connectivity index (χ2v) is 9.28. The fraction of sp³-hybridized carbons (Fsp3) is 0.714. The van der Waals surface area contributed by atoms with Crippen molar-refractivity contribution >= 4 is 21.4 Å². The predicted molar refractivity (Wildman–Crippen MR) is 81.3 cm³/mol. The van der Waals surface area contributed by atoms with Crippen molar-refractivity contribution in [1.82, 2.24) is 9.62 Å². The number of hydrogen-bond acceptors (Lipinski definition) is 4. The van der Waals surface area contributed by atoms with Crippen LogP contribution in [0, 0.1) is 11.8 Å². The number of sulfonamides is 1. The Kier molecular flexibility index (Phi) is 3.92. The molecule has 1 saturated carbocycles. The molecule has 3 rings (SSSR count). The third-order valence-corrected chi connectivity index (χ3v) is 7.65. The number of thiophene rings is 1. The van der Waals surface area contributed by atoms with Gasteiger partial charge in [-0.15, -0.1) is 11.3 Å². The molecule has 1 aromatic heterocycles. The maximum atomic E-state index is 12.6. The van der Waals surface area contributed by atoms with Crippen molar-refractivity contribution in [3.63, 3.8) is 0 Å². The summed E-state index contributed by atoms with van der Waals surface area (Å²) in [6.45, 7) is 6.33. The Morgan fingerprint density at radius 2 is 1.95 bits per heavy atom. The predicted octanol–water partition coefficient (Wildman–Crippen LogP) is 2.28. The highest BCUT2D eigenvalue weighted by atomic mass is 32.2. The van der Waals surface area contributed by atoms with Gasteiger partial charge in [0.2, 0.25) is 0 Å². The molecule has 2 aliphatic rings. The number of hydrogen-bond donors (Lipinski definition) is 1. The van der Waals surface area contributed by atoms with Gasteiger partial charge in [0.1, 0.15) is 4.21 Å². The Morgan fingerprint density at radius 1 is 1.30 bits per heavy atom. The van der Waals surface area contributed by atoms with Gasteiger partial charge in [-0.05, 0) is 41.7 Å². The van der Waals surface area contributed by atoms with Crippen LogP contribution in [0.25, 0.3) is 0 Å². The van der Waals surface area contributed by atoms with Gasteiger partial charge in [0, 0.05) is 25.7 Å². The molecule has 1 N–H and O–H groups in total. The molecule has 0 amide bonds. The van der Waals surface area contributed by atoms with E-state index >= 15 is 0 Å². The van der Waals surface area contributed by atoms with Crippen LogP contribution in [0.3, 0.4) is 0 Å². The number of rotatable bonds is 5. The lowest BCUT2D eigenvalue weighted by atomic mass is 10.0. The smallest absolute Gasteiger partial charge is 0.252 e. The molecule has 4 nitrogen and oxygen atoms in total. The quantitative estimate of drug-likeness (QED) is 0.907. The molecule has 1 aliphatic carbocycles. The molecule has 2 atom stereocenters. The van der Waals surface area contributed by atoms with Gasteiger partial charge in [-0.1, -0.05) is 13.8 Å². The van der Waals surface area contributed by atoms with Crippen molar-refractivity contribution in [2.75, 3.05) is 13.1 Å². The van der Waals surface area contributed by atoms with Gasteiger partial charge < -0.3 is 5.32 Å². The molecule has 0 bridgehead atoms. The highest BCUT2D eigenvalue weighted by Crippen LogP contribution is 2.31. The van der Waals surface area contributed by atoms with Gasteiger partial charge in [0.25, 0.3) is 10.0 Å². The molecule has 0 radical (unpaired) electrons. The van der Waals surface area contributed by atoms with Gasteiger partial charge in [0.15, 0.2) is 0 Å². The highest BCUT2D eigenvalue weighted by molar-refractivity contribution is 7.91. The third-order valence-electron chi connectivity index (χ3n) is 4.35. The molecular weight excluding hydrogens is 292 g/mol. The highest BCUT2D eigenvalue weighted by Gasteiger charge is 2.35. The van der Waals surface area contributed by atoms with Crippen LogP contribution in [-0.4, -0.2) is 31.9 Å². The molecule has 112 valence electrons. The zero-order valence-electron chi connectivity index (χ0n) is 12.0. The zero-order chi connectivity index (χ0) is 14.3. The Morgan fingerprint density at radius 3 is 2.55 bits per heavy atom. The fourth-order valence-electron chi connectivity index (χ4n) is 2.53. The van der Waals surface area contributed by atoms with E-state index in [1.807, 2.05) is 11.4 Å². The summed E-state index contributed by atoms with van der Waals surface area (Å²) in [5.41, 5.74) is 1.08. The molecule has 1 aromatic rings. The lowest BCUT2D eigenvalue weighted by Crippen LogP contribution is -2.28. The Bertz CT molecular complexity index is 568. The lowest BCUT2D eigenvalue weighted by molar-refractivity contribution is 0.465. The molecule has 2 heterocycles. The molecule has 2 unspecified atom stereocenters. The van der Waals surface area contributed by atoms with E-state index in [9.17, 15) is 8.42 Å². The maximum Gasteiger partial charge on any atom is 0.252 e. The molecule has 2 fully saturated rings. The first-order valence-electron chi connectivity index (χ1n) is 7.28. The summed E-state index contributed by atoms with van der Waals surface area (Å²) in [7, 11) is -3.28. The van der Waals surface area contributed by atoms with E-state index in [1.165, 1.54) is 24.2 Å². The van der Waals surface area contributed by atoms with E-state index in [2.05, 4.69) is 19.2 Å². The molecule has 1 aliphatic heterocycles. The summed E-state index contributed by atoms with van der Waals surface area (Å²) in [6.07, 6.45) is 2.50. The second kappa shape index (κ2) is 5.40. The standard InChI is InChI=1S/C14H22N2O2S2/c1-10-7-16(8-11(10)2)20(17,18)14-5-12(9-19-14)6-15-13-3-4-13/h5,9-11,13,15H,3-4,6-8H2,1-2H3. The first kappa shape index (κ1) is 14.5. The van der Waals surface area contributed by atoms with E-state index in [0.29, 0.717) is 35.2 Å². The Labute approximate surface area is 125 Å². The van der Waals surface area contributed by atoms with Crippen LogP contribution in [0.1, 0.15) is 32.3 Å². The molecular formula is C14H22N2O2S2. The van der Waals surface area contributed by atoms with Crippen LogP contribution >= 0.6 is 11.3 Å². The SMILES string of the molecule is CC1CN(S(=O)(=O)c2cc(CNC3CC3)cs2)CC1C. The van der Waals surface area contributed by atoms with Gasteiger partial charge in [-0.3, -0.25) is 0 Å². The first-order chi connectivity index (χ1) is 9.46. The van der Waals surface area contributed by atoms with Gasteiger partial charge in [0.05, 0.1) is 0 Å². The monoisotopic (exact) mass is 314 g/mol. The van der Waals surface area contributed by atoms with E-state index in [-0.39, 0.29) is 0 Å². The van der Waals surface area contributed by atoms with Gasteiger partial charge in [-0.25, -0.2) is 8.42 Å². The molecule has 0 aromatic carbocycles. The minimum atomic E-state index is -3.28. The van der Waals surface area contributed by atoms with E-state index in [4.69, 9.17) is 0 Å². The Balaban J connectivity index is 1.70. The summed E-state index contributed by atoms with van der Waals surface area (Å²) in [6, 6.07) is 2.48. The molecule has 1 saturated heterocycles. The van der Waals surface area contributed by atoms with Crippen molar-refractivity contribution in [2.24, 2.45) is 11.8 Å². The van der Waals surface area contributed by atoms with Crippen LogP contribution in [0.5, 0.6) is 0 Å². The average molecular weight is 314 g/mol. The van der Waals surface area contributed by atoms with E-state index in [0.717, 1.165) is 12.1 Å². The fourth-order valence-corrected chi connectivity index (χ4v) is 5.53. The number of nitrogens with one attached hydrogen (secondary N) is 1. The van der Waals surface area contributed by atoms with Crippen LogP contribution in [0.4, 0.5) is 0 Å². The summed E-state index contributed by atoms with van der Waals surface area (Å²) in [4.78, 5) is 0. The average Bonchev–Trinajstić information content (AvgIpc) is 2.99. The van der Waals surface area contributed by atoms with Gasteiger partial charge in [-0.2, -0.15) is 4.31 Å². The summed E-state index contributed by atoms with van der Waals surface area (Å²) < 4.78 is 27.3. The van der Waals surface area contributed by atoms with Gasteiger partial charge >= 0.3 is 0 Å². The zero-order valence-corrected chi connectivity index (χ0v) is 13.6. The van der Waals surface area contributed by atoms with Crippen molar-refractivity contribution in [3.05, 3.63) is 17.0 Å². The molecule has 0 spiro atoms. The van der Waals surface area contributed by atoms with Crippen LogP contribution in [-0.2, 0) is 16.6 Å². The van der Waals surface area contributed by atoms with Crippen LogP contribution < -0.4 is 5.32 Å². The summed E-state index contributed by atoms with van der Waals surface area (Å²) in [5, 5.41) is 5.38. The number of nitrogens with zero attached hydrogens (tertiary/aromatic N) is 1. The molecule has 20 heavy (non-hydrogen) atoms. The largest absolute Gasteiger partial charge is 0.310 e. The van der Waals surface area contributed by atoms with Crippen molar-refractivity contribution in [3.8, 4) is 0 Å². The second-order valence-electron chi connectivity index (χ2n) is 6.21. The maximum absolute atomic E-state index is 12.6. The first-order valence-corrected chi connectivity index (χ1v) is 9.59. The van der Waals surface area contributed by atoms with Crippen molar-refractivity contribution in [2.45, 2.75) is 43.5 Å². The minimum absolute atomic E-state index is 0.445. The normalized spacial score (nSPS) is 28.1. The van der Waals surface area contributed by atoms with Crippen LogP contribution in [0.15, 0.2) is 15.7 Å². The Hall–Kier alpha value is -0.430. The third kappa shape index (κ3) is 2.93. The topological polar surface area (TPSA) is 49.4 Å². The van der Waals surface area contributed by atoms with Crippen molar-refractivity contribution in [1.29, 1.82) is 0 Å². The summed E-state index contributed by atoms with van der Waals surface area (Å²) in [5.74, 6) is 0.890. The van der Waals surface area contributed by atoms with E-state index in [1.54, 1.807) is 4.31 Å². The van der Waals surface area contributed by atoms with Crippen molar-refractivity contribution < 1.29 is 8.42 Å². The molecule has 6 heteroatoms. The summed E-state index contributed by atoms with van der Waals surface area (Å²) >= 11 is 1.35.